The van der Waals surface area contributed by atoms with Crippen LogP contribution in [-0.2, 0) is 0 Å². The summed E-state index contributed by atoms with van der Waals surface area (Å²) in [6, 6.07) is 88.8. The van der Waals surface area contributed by atoms with Crippen molar-refractivity contribution in [1.82, 2.24) is 0 Å². The van der Waals surface area contributed by atoms with E-state index in [0.29, 0.717) is 67.5 Å². The molecule has 100 heavy (non-hydrogen) atoms. The summed E-state index contributed by atoms with van der Waals surface area (Å²) in [6.45, 7) is 0. The van der Waals surface area contributed by atoms with Crippen LogP contribution in [0, 0.1) is 76.3 Å². The van der Waals surface area contributed by atoms with Crippen LogP contribution in [0.15, 0.2) is 321 Å². The molecule has 15 aromatic rings. The van der Waals surface area contributed by atoms with E-state index in [1.165, 1.54) is 0 Å². The van der Waals surface area contributed by atoms with Crippen LogP contribution in [0.2, 0.25) is 0 Å². The van der Waals surface area contributed by atoms with Crippen LogP contribution in [-0.4, -0.2) is 49.5 Å². The molecular weight excluding hydrogens is 1540 g/mol. The fourth-order valence-corrected chi connectivity index (χ4v) is 11.3. The van der Waals surface area contributed by atoms with Gasteiger partial charge in [-0.2, -0.15) is 0 Å². The van der Waals surface area contributed by atoms with Crippen LogP contribution in [0.1, 0.15) is 33.4 Å². The summed E-state index contributed by atoms with van der Waals surface area (Å²) in [4.78, 5) is 27.4. The summed E-state index contributed by atoms with van der Waals surface area (Å²) in [7, 11) is 1.00. The van der Waals surface area contributed by atoms with Crippen LogP contribution in [0.4, 0.5) is 34.1 Å². The first kappa shape index (κ1) is 71.9. The number of para-hydroxylation sites is 6. The zero-order valence-corrected chi connectivity index (χ0v) is 57.4. The number of hydrogen-bond acceptors (Lipinski definition) is 13. The van der Waals surface area contributed by atoms with Crippen molar-refractivity contribution >= 4 is 136 Å². The topological polar surface area (TPSA) is 233 Å². The number of aliphatic hydroxyl groups is 1. The molecule has 0 fully saturated rings. The summed E-state index contributed by atoms with van der Waals surface area (Å²) >= 11 is 0. The Bertz CT molecular complexity index is 4730. The molecule has 0 aliphatic rings. The van der Waals surface area contributed by atoms with Crippen LogP contribution >= 0.6 is 0 Å². The average Bonchev–Trinajstić information content (AvgIpc) is 0.837. The number of aliphatic imine (C=N–C) groups is 6. The maximum Gasteiger partial charge on any atom is 3.00 e. The van der Waals surface area contributed by atoms with Crippen molar-refractivity contribution in [3.05, 3.63) is 325 Å². The van der Waals surface area contributed by atoms with E-state index < -0.39 is 0 Å². The van der Waals surface area contributed by atoms with E-state index in [2.05, 4.69) is 30.0 Å². The van der Waals surface area contributed by atoms with E-state index in [0.717, 1.165) is 71.7 Å². The SMILES string of the molecule is CO.[Dy+3].[Dy+3].[O-]c1ccc2ccccc2c1C=Nc1ccccc1N=Cc1c([O-])ccc2ccccc12.[O-]c1ccc2ccccc2c1C=Nc1ccccc1N=Cc1c([O-])ccc2ccccc12.[O-]c1ccc2ccccc2c1C=Nc1ccccc1N=Cc1c([O-])ccc2ccccc12. The van der Waals surface area contributed by atoms with E-state index in [4.69, 9.17) is 5.11 Å². The van der Waals surface area contributed by atoms with Crippen molar-refractivity contribution in [1.29, 1.82) is 0 Å². The molecule has 0 unspecified atom stereocenters. The second-order valence-corrected chi connectivity index (χ2v) is 22.2. The molecule has 0 aliphatic carbocycles. The van der Waals surface area contributed by atoms with E-state index in [1.807, 2.05) is 255 Å². The third kappa shape index (κ3) is 16.8. The molecule has 1 N–H and O–H groups in total. The Morgan fingerprint density at radius 3 is 0.470 bits per heavy atom. The van der Waals surface area contributed by atoms with Crippen molar-refractivity contribution in [2.24, 2.45) is 30.0 Å². The fraction of sp³-hybridized carbons (Fsp3) is 0.0118. The van der Waals surface area contributed by atoms with Crippen LogP contribution in [0.5, 0.6) is 34.5 Å². The van der Waals surface area contributed by atoms with E-state index >= 15 is 0 Å². The van der Waals surface area contributed by atoms with Gasteiger partial charge in [0.1, 0.15) is 0 Å². The van der Waals surface area contributed by atoms with Crippen molar-refractivity contribution < 1.29 is 112 Å². The Balaban J connectivity index is 0.000000158. The minimum atomic E-state index is -0.0832. The first-order valence-corrected chi connectivity index (χ1v) is 31.2. The van der Waals surface area contributed by atoms with Crippen LogP contribution in [0.25, 0.3) is 64.6 Å². The minimum absolute atomic E-state index is 0. The molecule has 0 bridgehead atoms. The predicted molar refractivity (Wildman–Crippen MR) is 391 cm³/mol. The predicted octanol–water partition coefficient (Wildman–Crippen LogP) is 16.5. The van der Waals surface area contributed by atoms with Crippen molar-refractivity contribution in [3.63, 3.8) is 0 Å². The van der Waals surface area contributed by atoms with Gasteiger partial charge < -0.3 is 35.7 Å². The number of benzene rings is 15. The summed E-state index contributed by atoms with van der Waals surface area (Å²) in [6.07, 6.45) is 9.56. The molecule has 15 heteroatoms. The molecule has 0 saturated heterocycles. The van der Waals surface area contributed by atoms with Gasteiger partial charge in [-0.3, -0.25) is 30.0 Å². The molecule has 490 valence electrons. The Morgan fingerprint density at radius 2 is 0.320 bits per heavy atom. The van der Waals surface area contributed by atoms with Gasteiger partial charge in [0.15, 0.2) is 0 Å². The third-order valence-corrected chi connectivity index (χ3v) is 16.2. The number of rotatable bonds is 12. The zero-order chi connectivity index (χ0) is 67.7. The van der Waals surface area contributed by atoms with Crippen LogP contribution < -0.4 is 30.6 Å². The summed E-state index contributed by atoms with van der Waals surface area (Å²) in [5.41, 5.74) is 6.93. The van der Waals surface area contributed by atoms with Crippen molar-refractivity contribution in [2.75, 3.05) is 7.11 Å². The van der Waals surface area contributed by atoms with Crippen molar-refractivity contribution in [3.8, 4) is 34.5 Å². The van der Waals surface area contributed by atoms with Gasteiger partial charge in [0, 0.05) is 44.4 Å². The quantitative estimate of drug-likeness (QED) is 0.116. The normalized spacial score (nSPS) is 11.3. The maximum absolute atomic E-state index is 12.5. The molecule has 0 atom stereocenters. The van der Waals surface area contributed by atoms with E-state index in [9.17, 15) is 30.6 Å². The zero-order valence-electron chi connectivity index (χ0n) is 53.4. The molecular formula is C85H58Dy2N6O7. The monoisotopic (exact) mass is 1600 g/mol. The Morgan fingerprint density at radius 1 is 0.190 bits per heavy atom. The minimum Gasteiger partial charge on any atom is -0.872 e. The second-order valence-electron chi connectivity index (χ2n) is 22.2. The molecule has 15 aromatic carbocycles. The maximum atomic E-state index is 12.5. The first-order chi connectivity index (χ1) is 48.1. The van der Waals surface area contributed by atoms with E-state index in [1.54, 1.807) is 73.7 Å². The molecule has 0 aromatic heterocycles. The van der Waals surface area contributed by atoms with Crippen LogP contribution in [0.3, 0.4) is 0 Å². The second kappa shape index (κ2) is 34.6. The molecule has 0 spiro atoms. The van der Waals surface area contributed by atoms with Gasteiger partial charge in [-0.1, -0.05) is 289 Å². The molecule has 0 saturated carbocycles. The number of aliphatic hydroxyl groups excluding tert-OH is 1. The van der Waals surface area contributed by atoms with Gasteiger partial charge in [0.25, 0.3) is 0 Å². The van der Waals surface area contributed by atoms with Gasteiger partial charge in [0.05, 0.1) is 34.1 Å². The molecule has 0 amide bonds. The largest absolute Gasteiger partial charge is 3.00 e. The average molecular weight is 1600 g/mol. The molecule has 0 heterocycles. The molecule has 2 radical (unpaired) electrons. The number of fused-ring (bicyclic) bond motifs is 6. The van der Waals surface area contributed by atoms with Gasteiger partial charge >= 0.3 is 76.3 Å². The number of nitrogens with zero attached hydrogens (tertiary/aromatic N) is 6. The fourth-order valence-electron chi connectivity index (χ4n) is 11.3. The third-order valence-electron chi connectivity index (χ3n) is 16.2. The molecule has 13 nitrogen and oxygen atoms in total. The summed E-state index contributed by atoms with van der Waals surface area (Å²) in [5.74, 6) is -0.499. The van der Waals surface area contributed by atoms with Crippen molar-refractivity contribution in [2.45, 2.75) is 0 Å². The first-order valence-electron chi connectivity index (χ1n) is 31.2. The Labute approximate surface area is 638 Å². The summed E-state index contributed by atoms with van der Waals surface area (Å²) < 4.78 is 0. The van der Waals surface area contributed by atoms with Gasteiger partial charge in [-0.05, 0) is 134 Å². The Kier molecular flexibility index (Phi) is 24.9. The van der Waals surface area contributed by atoms with Gasteiger partial charge in [-0.25, -0.2) is 0 Å². The molecule has 0 aliphatic heterocycles. The summed E-state index contributed by atoms with van der Waals surface area (Å²) in [5, 5.41) is 92.8. The Hall–Kier alpha value is -10.8. The van der Waals surface area contributed by atoms with Gasteiger partial charge in [0.2, 0.25) is 0 Å². The van der Waals surface area contributed by atoms with E-state index in [-0.39, 0.29) is 111 Å². The smallest absolute Gasteiger partial charge is 0.872 e. The molecule has 15 rings (SSSR count). The standard InChI is InChI=1S/3C28H20N2O2.CH4O.2Dy/c3*31-27-15-13-19-7-1-3-9-21(19)23(27)17-29-25-11-5-6-12-26(25)30-18-24-22-10-4-2-8-20(22)14-16-28(24)32;1-2;;/h3*1-18,31-32H;2H,1H3;;/q;;;;2*+3/p-6. The van der Waals surface area contributed by atoms with Gasteiger partial charge in [-0.15, -0.1) is 0 Å². The number of hydrogen-bond donors (Lipinski definition) is 1.